The molecule has 1 atom stereocenters. The smallest absolute Gasteiger partial charge is 0.278 e. The van der Waals surface area contributed by atoms with Gasteiger partial charge in [-0.1, -0.05) is 18.2 Å². The van der Waals surface area contributed by atoms with Crippen molar-refractivity contribution >= 4 is 5.91 Å². The van der Waals surface area contributed by atoms with Crippen molar-refractivity contribution in [3.63, 3.8) is 0 Å². The van der Waals surface area contributed by atoms with Gasteiger partial charge in [0.05, 0.1) is 11.9 Å². The van der Waals surface area contributed by atoms with E-state index in [2.05, 4.69) is 10.4 Å². The first kappa shape index (κ1) is 13.6. The fourth-order valence-electron chi connectivity index (χ4n) is 2.50. The maximum Gasteiger partial charge on any atom is 0.278 e. The number of nitrogens with one attached hydrogen (secondary N) is 1. The fraction of sp³-hybridized carbons (Fsp3) is 0.333. The van der Waals surface area contributed by atoms with Crippen molar-refractivity contribution in [3.8, 4) is 11.4 Å². The second-order valence-corrected chi connectivity index (χ2v) is 5.25. The Labute approximate surface area is 123 Å². The van der Waals surface area contributed by atoms with Crippen LogP contribution < -0.4 is 5.32 Å². The molecule has 21 heavy (non-hydrogen) atoms. The van der Waals surface area contributed by atoms with Crippen LogP contribution in [-0.2, 0) is 0 Å². The van der Waals surface area contributed by atoms with Crippen molar-refractivity contribution in [1.82, 2.24) is 20.0 Å². The number of rotatable bonds is 2. The molecule has 0 bridgehead atoms. The van der Waals surface area contributed by atoms with Crippen LogP contribution >= 0.6 is 0 Å². The molecule has 1 aliphatic rings. The standard InChI is InChI=1S/C15H18N4O2/c1-11-9-18(8-7-16-11)15(21)14-13(20)10-19(17-14)12-5-3-2-4-6-12/h2-6,10-11,16,20H,7-9H2,1H3. The van der Waals surface area contributed by atoms with Gasteiger partial charge >= 0.3 is 0 Å². The van der Waals surface area contributed by atoms with E-state index in [1.165, 1.54) is 10.9 Å². The molecule has 0 radical (unpaired) electrons. The first-order chi connectivity index (χ1) is 10.1. The summed E-state index contributed by atoms with van der Waals surface area (Å²) in [5.74, 6) is -0.314. The van der Waals surface area contributed by atoms with Crippen molar-refractivity contribution < 1.29 is 9.90 Å². The lowest BCUT2D eigenvalue weighted by molar-refractivity contribution is 0.0699. The molecule has 1 amide bonds. The summed E-state index contributed by atoms with van der Waals surface area (Å²) < 4.78 is 1.52. The molecule has 6 heteroatoms. The Bertz CT molecular complexity index is 638. The minimum Gasteiger partial charge on any atom is -0.504 e. The van der Waals surface area contributed by atoms with Gasteiger partial charge in [0.2, 0.25) is 0 Å². The molecule has 0 aliphatic carbocycles. The number of amides is 1. The molecule has 1 aromatic heterocycles. The van der Waals surface area contributed by atoms with Crippen LogP contribution in [0.15, 0.2) is 36.5 Å². The van der Waals surface area contributed by atoms with Crippen LogP contribution in [0.4, 0.5) is 0 Å². The van der Waals surface area contributed by atoms with E-state index in [9.17, 15) is 9.90 Å². The summed E-state index contributed by atoms with van der Waals surface area (Å²) >= 11 is 0. The monoisotopic (exact) mass is 286 g/mol. The van der Waals surface area contributed by atoms with Crippen LogP contribution in [0.1, 0.15) is 17.4 Å². The third-order valence-corrected chi connectivity index (χ3v) is 3.57. The predicted octanol–water partition coefficient (Wildman–Crippen LogP) is 1.01. The summed E-state index contributed by atoms with van der Waals surface area (Å²) in [6.45, 7) is 4.03. The minimum absolute atomic E-state index is 0.0879. The van der Waals surface area contributed by atoms with E-state index < -0.39 is 0 Å². The third-order valence-electron chi connectivity index (χ3n) is 3.57. The highest BCUT2D eigenvalue weighted by Gasteiger charge is 2.26. The highest BCUT2D eigenvalue weighted by Crippen LogP contribution is 2.20. The molecule has 6 nitrogen and oxygen atoms in total. The summed E-state index contributed by atoms with van der Waals surface area (Å²) in [6, 6.07) is 9.66. The second-order valence-electron chi connectivity index (χ2n) is 5.25. The average molecular weight is 286 g/mol. The van der Waals surface area contributed by atoms with Gasteiger partial charge < -0.3 is 15.3 Å². The van der Waals surface area contributed by atoms with Crippen molar-refractivity contribution in [2.75, 3.05) is 19.6 Å². The van der Waals surface area contributed by atoms with Gasteiger partial charge in [-0.25, -0.2) is 4.68 Å². The SMILES string of the molecule is CC1CN(C(=O)c2nn(-c3ccccc3)cc2O)CCN1. The molecule has 1 unspecified atom stereocenters. The van der Waals surface area contributed by atoms with Gasteiger partial charge in [0.15, 0.2) is 11.4 Å². The van der Waals surface area contributed by atoms with Gasteiger partial charge in [-0.05, 0) is 19.1 Å². The van der Waals surface area contributed by atoms with Gasteiger partial charge in [-0.15, -0.1) is 0 Å². The van der Waals surface area contributed by atoms with Crippen molar-refractivity contribution in [1.29, 1.82) is 0 Å². The summed E-state index contributed by atoms with van der Waals surface area (Å²) in [7, 11) is 0. The Hall–Kier alpha value is -2.34. The van der Waals surface area contributed by atoms with Crippen LogP contribution in [0, 0.1) is 0 Å². The Kier molecular flexibility index (Phi) is 3.62. The van der Waals surface area contributed by atoms with Gasteiger partial charge in [-0.3, -0.25) is 4.79 Å². The van der Waals surface area contributed by atoms with E-state index >= 15 is 0 Å². The Balaban J connectivity index is 1.86. The topological polar surface area (TPSA) is 70.4 Å². The lowest BCUT2D eigenvalue weighted by atomic mass is 10.2. The zero-order valence-electron chi connectivity index (χ0n) is 11.9. The number of hydrogen-bond donors (Lipinski definition) is 2. The van der Waals surface area contributed by atoms with Crippen LogP contribution in [-0.4, -0.2) is 51.4 Å². The van der Waals surface area contributed by atoms with Gasteiger partial charge in [0.1, 0.15) is 0 Å². The first-order valence-corrected chi connectivity index (χ1v) is 7.02. The molecular weight excluding hydrogens is 268 g/mol. The van der Waals surface area contributed by atoms with Crippen molar-refractivity contribution in [2.24, 2.45) is 0 Å². The lowest BCUT2D eigenvalue weighted by Crippen LogP contribution is -2.51. The number of piperazine rings is 1. The molecule has 1 aromatic carbocycles. The number of carbonyl (C=O) groups excluding carboxylic acids is 1. The highest BCUT2D eigenvalue weighted by atomic mass is 16.3. The minimum atomic E-state index is -0.226. The first-order valence-electron chi connectivity index (χ1n) is 7.02. The van der Waals surface area contributed by atoms with Crippen molar-refractivity contribution in [2.45, 2.75) is 13.0 Å². The maximum atomic E-state index is 12.5. The van der Waals surface area contributed by atoms with E-state index in [4.69, 9.17) is 0 Å². The predicted molar refractivity (Wildman–Crippen MR) is 78.6 cm³/mol. The Morgan fingerprint density at radius 1 is 1.38 bits per heavy atom. The number of nitrogens with zero attached hydrogens (tertiary/aromatic N) is 3. The zero-order chi connectivity index (χ0) is 14.8. The van der Waals surface area contributed by atoms with Crippen LogP contribution in [0.3, 0.4) is 0 Å². The molecule has 1 fully saturated rings. The second kappa shape index (κ2) is 5.57. The molecule has 2 aromatic rings. The quantitative estimate of drug-likeness (QED) is 0.864. The summed E-state index contributed by atoms with van der Waals surface area (Å²) in [4.78, 5) is 14.2. The lowest BCUT2D eigenvalue weighted by Gasteiger charge is -2.31. The summed E-state index contributed by atoms with van der Waals surface area (Å²) in [6.07, 6.45) is 1.47. The number of aromatic nitrogens is 2. The molecule has 2 N–H and O–H groups in total. The average Bonchev–Trinajstić information content (AvgIpc) is 2.89. The molecule has 3 rings (SSSR count). The number of para-hydroxylation sites is 1. The molecule has 0 spiro atoms. The number of carbonyl (C=O) groups is 1. The number of aromatic hydroxyl groups is 1. The number of benzene rings is 1. The van der Waals surface area contributed by atoms with Gasteiger partial charge in [0.25, 0.3) is 5.91 Å². The largest absolute Gasteiger partial charge is 0.504 e. The zero-order valence-corrected chi connectivity index (χ0v) is 11.9. The highest BCUT2D eigenvalue weighted by molar-refractivity contribution is 5.95. The number of hydrogen-bond acceptors (Lipinski definition) is 4. The van der Waals surface area contributed by atoms with E-state index in [0.717, 1.165) is 12.2 Å². The maximum absolute atomic E-state index is 12.5. The van der Waals surface area contributed by atoms with Gasteiger partial charge in [0, 0.05) is 25.7 Å². The Morgan fingerprint density at radius 3 is 2.86 bits per heavy atom. The van der Waals surface area contributed by atoms with E-state index in [0.29, 0.717) is 13.1 Å². The van der Waals surface area contributed by atoms with Crippen LogP contribution in [0.5, 0.6) is 5.75 Å². The third kappa shape index (κ3) is 2.75. The molecular formula is C15H18N4O2. The summed E-state index contributed by atoms with van der Waals surface area (Å²) in [5, 5.41) is 17.5. The molecule has 0 saturated carbocycles. The molecule has 2 heterocycles. The van der Waals surface area contributed by atoms with Crippen LogP contribution in [0.2, 0.25) is 0 Å². The molecule has 110 valence electrons. The van der Waals surface area contributed by atoms with E-state index in [1.807, 2.05) is 37.3 Å². The molecule has 1 aliphatic heterocycles. The van der Waals surface area contributed by atoms with E-state index in [-0.39, 0.29) is 23.4 Å². The normalized spacial score (nSPS) is 18.7. The molecule has 1 saturated heterocycles. The van der Waals surface area contributed by atoms with Crippen molar-refractivity contribution in [3.05, 3.63) is 42.2 Å². The Morgan fingerprint density at radius 2 is 2.14 bits per heavy atom. The summed E-state index contributed by atoms with van der Waals surface area (Å²) in [5.41, 5.74) is 0.911. The van der Waals surface area contributed by atoms with Gasteiger partial charge in [-0.2, -0.15) is 5.10 Å². The van der Waals surface area contributed by atoms with E-state index in [1.54, 1.807) is 4.90 Å². The fourth-order valence-corrected chi connectivity index (χ4v) is 2.50. The van der Waals surface area contributed by atoms with Crippen LogP contribution in [0.25, 0.3) is 5.69 Å².